The van der Waals surface area contributed by atoms with Crippen molar-refractivity contribution in [2.24, 2.45) is 17.8 Å². The second-order valence-electron chi connectivity index (χ2n) is 10.1. The molecule has 1 aromatic carbocycles. The molecule has 8 heteroatoms. The third-order valence-corrected chi connectivity index (χ3v) is 10.9. The van der Waals surface area contributed by atoms with Crippen LogP contribution in [-0.2, 0) is 32.4 Å². The molecule has 3 unspecified atom stereocenters. The first kappa shape index (κ1) is 25.6. The van der Waals surface area contributed by atoms with Crippen LogP contribution in [0.5, 0.6) is 0 Å². The van der Waals surface area contributed by atoms with Crippen LogP contribution < -0.4 is 4.31 Å². The average Bonchev–Trinajstić information content (AvgIpc) is 3.14. The Morgan fingerprint density at radius 1 is 1.21 bits per heavy atom. The number of sulfonamides is 1. The van der Waals surface area contributed by atoms with E-state index in [9.17, 15) is 13.0 Å². The minimum Gasteiger partial charge on any atom is -0.610 e. The van der Waals surface area contributed by atoms with Crippen LogP contribution in [0.2, 0.25) is 0 Å². The van der Waals surface area contributed by atoms with Crippen LogP contribution in [0, 0.1) is 17.8 Å². The van der Waals surface area contributed by atoms with Gasteiger partial charge in [0.25, 0.3) is 0 Å². The molecule has 2 heterocycles. The lowest BCUT2D eigenvalue weighted by molar-refractivity contribution is 0.0587. The van der Waals surface area contributed by atoms with Crippen molar-refractivity contribution in [2.75, 3.05) is 36.5 Å². The molecular weight excluding hydrogens is 468 g/mol. The minimum atomic E-state index is -3.70. The highest BCUT2D eigenvalue weighted by molar-refractivity contribution is 7.96. The molecule has 34 heavy (non-hydrogen) atoms. The molecule has 1 aliphatic carbocycles. The predicted octanol–water partition coefficient (Wildman–Crippen LogP) is 4.28. The Balaban J connectivity index is 1.59. The number of anilines is 1. The molecule has 6 nitrogen and oxygen atoms in total. The van der Waals surface area contributed by atoms with E-state index >= 15 is 0 Å². The largest absolute Gasteiger partial charge is 0.610 e. The molecule has 0 N–H and O–H groups in total. The lowest BCUT2D eigenvalue weighted by Gasteiger charge is -2.33. The molecule has 4 rings (SSSR count). The Morgan fingerprint density at radius 3 is 2.50 bits per heavy atom. The molecule has 188 valence electrons. The van der Waals surface area contributed by atoms with Gasteiger partial charge in [0.1, 0.15) is 5.25 Å². The maximum Gasteiger partial charge on any atom is 0.242 e. The standard InChI is InChI=1S/C26H38N2O4S2/c1-5-21-6-8-23(9-7-21)28(16-19(2)3)34(30,31)25-11-10-24-26(20(25)4)33(29)18-27(24)17-22-12-14-32-15-13-22/h6-11,19-20,22,25H,5,12-18H2,1-4H3. The van der Waals surface area contributed by atoms with Gasteiger partial charge >= 0.3 is 0 Å². The third-order valence-electron chi connectivity index (χ3n) is 7.10. The number of allylic oxidation sites excluding steroid dienone is 2. The van der Waals surface area contributed by atoms with Gasteiger partial charge in [0.15, 0.2) is 10.8 Å². The van der Waals surface area contributed by atoms with Gasteiger partial charge in [-0.15, -0.1) is 0 Å². The molecule has 0 bridgehead atoms. The summed E-state index contributed by atoms with van der Waals surface area (Å²) in [4.78, 5) is 2.99. The van der Waals surface area contributed by atoms with Gasteiger partial charge in [-0.25, -0.2) is 8.42 Å². The SMILES string of the molecule is CCc1ccc(N(CC(C)C)S(=O)(=O)C2C=CC3=C(C2C)[S+]([O-])CN3CC2CCOCC2)cc1. The number of hydrogen-bond donors (Lipinski definition) is 0. The number of ether oxygens (including phenoxy) is 1. The number of rotatable bonds is 8. The zero-order valence-corrected chi connectivity index (χ0v) is 22.4. The Morgan fingerprint density at radius 2 is 1.88 bits per heavy atom. The highest BCUT2D eigenvalue weighted by Gasteiger charge is 2.47. The lowest BCUT2D eigenvalue weighted by Crippen LogP contribution is -2.44. The van der Waals surface area contributed by atoms with Crippen molar-refractivity contribution in [1.82, 2.24) is 4.90 Å². The minimum absolute atomic E-state index is 0.175. The van der Waals surface area contributed by atoms with Crippen LogP contribution in [0.3, 0.4) is 0 Å². The highest BCUT2D eigenvalue weighted by Crippen LogP contribution is 2.41. The van der Waals surface area contributed by atoms with Crippen molar-refractivity contribution in [3.05, 3.63) is 52.6 Å². The van der Waals surface area contributed by atoms with Crippen LogP contribution in [0.1, 0.15) is 46.1 Å². The van der Waals surface area contributed by atoms with Gasteiger partial charge in [-0.1, -0.05) is 45.9 Å². The lowest BCUT2D eigenvalue weighted by atomic mass is 9.97. The summed E-state index contributed by atoms with van der Waals surface area (Å²) in [5.74, 6) is 0.817. The van der Waals surface area contributed by atoms with Gasteiger partial charge in [0.05, 0.1) is 17.3 Å². The molecule has 1 aromatic rings. The number of hydrogen-bond acceptors (Lipinski definition) is 5. The van der Waals surface area contributed by atoms with Crippen molar-refractivity contribution in [3.8, 4) is 0 Å². The zero-order valence-electron chi connectivity index (χ0n) is 20.8. The molecule has 3 atom stereocenters. The van der Waals surface area contributed by atoms with E-state index < -0.39 is 26.4 Å². The average molecular weight is 507 g/mol. The van der Waals surface area contributed by atoms with Gasteiger partial charge in [-0.2, -0.15) is 0 Å². The van der Waals surface area contributed by atoms with Gasteiger partial charge in [-0.05, 0) is 54.9 Å². The summed E-state index contributed by atoms with van der Waals surface area (Å²) < 4.78 is 48.2. The molecule has 0 saturated carbocycles. The predicted molar refractivity (Wildman–Crippen MR) is 139 cm³/mol. The van der Waals surface area contributed by atoms with Crippen LogP contribution >= 0.6 is 0 Å². The van der Waals surface area contributed by atoms with E-state index in [1.807, 2.05) is 57.2 Å². The summed E-state index contributed by atoms with van der Waals surface area (Å²) in [5.41, 5.74) is 2.84. The Hall–Kier alpha value is -1.48. The fourth-order valence-electron chi connectivity index (χ4n) is 5.16. The van der Waals surface area contributed by atoms with Gasteiger partial charge < -0.3 is 14.2 Å². The van der Waals surface area contributed by atoms with Crippen molar-refractivity contribution in [3.63, 3.8) is 0 Å². The quantitative estimate of drug-likeness (QED) is 0.492. The first-order chi connectivity index (χ1) is 16.2. The molecule has 0 radical (unpaired) electrons. The normalized spacial score (nSPS) is 25.8. The van der Waals surface area contributed by atoms with Crippen LogP contribution in [0.4, 0.5) is 5.69 Å². The van der Waals surface area contributed by atoms with Crippen molar-refractivity contribution >= 4 is 26.9 Å². The Labute approximate surface area is 208 Å². The molecule has 3 aliphatic rings. The number of aryl methyl sites for hydroxylation is 1. The summed E-state index contributed by atoms with van der Waals surface area (Å²) >= 11 is -1.19. The van der Waals surface area contributed by atoms with E-state index in [2.05, 4.69) is 11.8 Å². The van der Waals surface area contributed by atoms with Crippen molar-refractivity contribution in [2.45, 2.75) is 52.2 Å². The van der Waals surface area contributed by atoms with Gasteiger partial charge in [-0.3, -0.25) is 4.31 Å². The van der Waals surface area contributed by atoms with E-state index in [-0.39, 0.29) is 11.8 Å². The maximum absolute atomic E-state index is 14.0. The third kappa shape index (κ3) is 5.20. The van der Waals surface area contributed by atoms with Crippen molar-refractivity contribution < 1.29 is 17.7 Å². The van der Waals surface area contributed by atoms with Crippen LogP contribution in [0.25, 0.3) is 0 Å². The first-order valence-electron chi connectivity index (χ1n) is 12.5. The Kier molecular flexibility index (Phi) is 8.02. The van der Waals surface area contributed by atoms with Crippen LogP contribution in [0.15, 0.2) is 47.0 Å². The van der Waals surface area contributed by atoms with E-state index in [0.29, 0.717) is 24.0 Å². The summed E-state index contributed by atoms with van der Waals surface area (Å²) in [5, 5.41) is -0.733. The maximum atomic E-state index is 14.0. The highest BCUT2D eigenvalue weighted by atomic mass is 32.2. The first-order valence-corrected chi connectivity index (χ1v) is 15.3. The molecule has 1 fully saturated rings. The van der Waals surface area contributed by atoms with Crippen LogP contribution in [-0.4, -0.2) is 55.3 Å². The number of benzene rings is 1. The number of nitrogens with zero attached hydrogens (tertiary/aromatic N) is 2. The summed E-state index contributed by atoms with van der Waals surface area (Å²) in [6.45, 7) is 10.9. The van der Waals surface area contributed by atoms with E-state index in [1.54, 1.807) is 4.31 Å². The molecule has 0 aromatic heterocycles. The fourth-order valence-corrected chi connectivity index (χ4v) is 9.05. The molecule has 0 spiro atoms. The fraction of sp³-hybridized carbons (Fsp3) is 0.615. The van der Waals surface area contributed by atoms with E-state index in [1.165, 1.54) is 5.56 Å². The van der Waals surface area contributed by atoms with Gasteiger partial charge in [0.2, 0.25) is 10.0 Å². The molecule has 0 amide bonds. The Bertz CT molecular complexity index is 1010. The van der Waals surface area contributed by atoms with Crippen molar-refractivity contribution in [1.29, 1.82) is 0 Å². The summed E-state index contributed by atoms with van der Waals surface area (Å²) in [6.07, 6.45) is 6.68. The zero-order chi connectivity index (χ0) is 24.5. The summed E-state index contributed by atoms with van der Waals surface area (Å²) in [7, 11) is -3.70. The van der Waals surface area contributed by atoms with E-state index in [0.717, 1.165) is 49.6 Å². The topological polar surface area (TPSA) is 72.9 Å². The van der Waals surface area contributed by atoms with E-state index in [4.69, 9.17) is 4.74 Å². The molecular formula is C26H38N2O4S2. The monoisotopic (exact) mass is 506 g/mol. The smallest absolute Gasteiger partial charge is 0.242 e. The van der Waals surface area contributed by atoms with Gasteiger partial charge in [0, 0.05) is 37.5 Å². The molecule has 1 saturated heterocycles. The molecule has 2 aliphatic heterocycles. The second-order valence-corrected chi connectivity index (χ2v) is 13.5. The summed E-state index contributed by atoms with van der Waals surface area (Å²) in [6, 6.07) is 7.81. The second kappa shape index (κ2) is 10.6.